The van der Waals surface area contributed by atoms with E-state index in [2.05, 4.69) is 54.5 Å². The molecule has 0 aliphatic heterocycles. The smallest absolute Gasteiger partial charge is 0.168 e. The van der Waals surface area contributed by atoms with Gasteiger partial charge in [-0.25, -0.2) is 0 Å². The monoisotopic (exact) mass is 384 g/mol. The average molecular weight is 385 g/mol. The zero-order chi connectivity index (χ0) is 20.5. The van der Waals surface area contributed by atoms with Gasteiger partial charge in [0.25, 0.3) is 0 Å². The van der Waals surface area contributed by atoms with E-state index in [0.717, 1.165) is 32.3 Å². The van der Waals surface area contributed by atoms with E-state index in [9.17, 15) is 0 Å². The van der Waals surface area contributed by atoms with E-state index in [4.69, 9.17) is 14.2 Å². The van der Waals surface area contributed by atoms with Gasteiger partial charge in [-0.3, -0.25) is 0 Å². The molecule has 0 heterocycles. The Bertz CT molecular complexity index is 340. The highest BCUT2D eigenvalue weighted by molar-refractivity contribution is 4.78. The van der Waals surface area contributed by atoms with Gasteiger partial charge in [0.1, 0.15) is 0 Å². The fourth-order valence-electron chi connectivity index (χ4n) is 3.64. The molecule has 0 aliphatic rings. The summed E-state index contributed by atoms with van der Waals surface area (Å²) in [6, 6.07) is 0. The van der Waals surface area contributed by atoms with Crippen LogP contribution < -0.4 is 0 Å². The molecule has 1 unspecified atom stereocenters. The van der Waals surface area contributed by atoms with Gasteiger partial charge in [0.15, 0.2) is 5.79 Å². The van der Waals surface area contributed by atoms with Crippen LogP contribution in [0.5, 0.6) is 0 Å². The summed E-state index contributed by atoms with van der Waals surface area (Å²) in [6.07, 6.45) is 16.4. The second-order valence-electron chi connectivity index (χ2n) is 8.40. The number of hydrogen-bond acceptors (Lipinski definition) is 3. The molecule has 0 amide bonds. The summed E-state index contributed by atoms with van der Waals surface area (Å²) in [5.74, 6) is -0.127. The van der Waals surface area contributed by atoms with Crippen LogP contribution in [-0.4, -0.2) is 24.6 Å². The number of rotatable bonds is 18. The maximum absolute atomic E-state index is 6.32. The lowest BCUT2D eigenvalue weighted by Crippen LogP contribution is -2.44. The molecule has 1 atom stereocenters. The van der Waals surface area contributed by atoms with Crippen molar-refractivity contribution in [2.45, 2.75) is 131 Å². The minimum absolute atomic E-state index is 0.157. The molecule has 27 heavy (non-hydrogen) atoms. The van der Waals surface area contributed by atoms with Crippen LogP contribution in [0, 0.1) is 5.92 Å². The zero-order valence-corrected chi connectivity index (χ0v) is 19.4. The lowest BCUT2D eigenvalue weighted by Gasteiger charge is -2.40. The normalized spacial score (nSPS) is 13.8. The van der Waals surface area contributed by atoms with Gasteiger partial charge < -0.3 is 14.2 Å². The highest BCUT2D eigenvalue weighted by atomic mass is 16.7. The Labute approximate surface area is 170 Å². The SMILES string of the molecule is CCC=COCCCC(CCCCCCCC)C(C)(OC(C)C)OC(C)C. The topological polar surface area (TPSA) is 27.7 Å². The molecule has 3 nitrogen and oxygen atoms in total. The first kappa shape index (κ1) is 26.5. The van der Waals surface area contributed by atoms with E-state index in [0.29, 0.717) is 5.92 Å². The van der Waals surface area contributed by atoms with Crippen molar-refractivity contribution in [1.29, 1.82) is 0 Å². The predicted octanol–water partition coefficient (Wildman–Crippen LogP) is 7.64. The molecule has 0 aromatic carbocycles. The number of unbranched alkanes of at least 4 members (excludes halogenated alkanes) is 5. The van der Waals surface area contributed by atoms with Crippen LogP contribution in [0.1, 0.15) is 113 Å². The van der Waals surface area contributed by atoms with Crippen LogP contribution in [0.3, 0.4) is 0 Å². The van der Waals surface area contributed by atoms with Gasteiger partial charge in [-0.1, -0.05) is 58.4 Å². The Morgan fingerprint density at radius 2 is 1.33 bits per heavy atom. The molecule has 0 saturated heterocycles. The summed E-state index contributed by atoms with van der Waals surface area (Å²) in [4.78, 5) is 0. The first-order chi connectivity index (χ1) is 12.9. The first-order valence-corrected chi connectivity index (χ1v) is 11.5. The molecule has 0 spiro atoms. The number of ether oxygens (including phenoxy) is 3. The third-order valence-electron chi connectivity index (χ3n) is 4.83. The molecule has 0 saturated carbocycles. The van der Waals surface area contributed by atoms with Crippen LogP contribution in [0.2, 0.25) is 0 Å². The molecule has 3 heteroatoms. The third-order valence-corrected chi connectivity index (χ3v) is 4.83. The standard InChI is InChI=1S/C24H48O3/c1-8-10-12-13-14-15-17-23(18-16-20-25-19-11-9-2)24(7,26-21(3)4)27-22(5)6/h11,19,21-23H,8-10,12-18,20H2,1-7H3. The highest BCUT2D eigenvalue weighted by Crippen LogP contribution is 2.34. The Morgan fingerprint density at radius 3 is 1.89 bits per heavy atom. The lowest BCUT2D eigenvalue weighted by atomic mass is 9.88. The summed E-state index contributed by atoms with van der Waals surface area (Å²) in [5.41, 5.74) is 0. The second-order valence-corrected chi connectivity index (χ2v) is 8.40. The van der Waals surface area contributed by atoms with Crippen LogP contribution in [0.4, 0.5) is 0 Å². The summed E-state index contributed by atoms with van der Waals surface area (Å²) in [7, 11) is 0. The fraction of sp³-hybridized carbons (Fsp3) is 0.917. The molecule has 0 aromatic heterocycles. The van der Waals surface area contributed by atoms with Crippen molar-refractivity contribution in [3.05, 3.63) is 12.3 Å². The number of hydrogen-bond donors (Lipinski definition) is 0. The highest BCUT2D eigenvalue weighted by Gasteiger charge is 2.37. The predicted molar refractivity (Wildman–Crippen MR) is 117 cm³/mol. The van der Waals surface area contributed by atoms with Gasteiger partial charge >= 0.3 is 0 Å². The molecule has 0 fully saturated rings. The minimum atomic E-state index is -0.523. The lowest BCUT2D eigenvalue weighted by molar-refractivity contribution is -0.287. The zero-order valence-electron chi connectivity index (χ0n) is 19.4. The van der Waals surface area contributed by atoms with Crippen molar-refractivity contribution in [2.24, 2.45) is 5.92 Å². The molecule has 0 aromatic rings. The maximum Gasteiger partial charge on any atom is 0.168 e. The summed E-state index contributed by atoms with van der Waals surface area (Å²) in [6.45, 7) is 15.7. The van der Waals surface area contributed by atoms with Gasteiger partial charge in [-0.2, -0.15) is 0 Å². The Kier molecular flexibility index (Phi) is 16.1. The Morgan fingerprint density at radius 1 is 0.778 bits per heavy atom. The van der Waals surface area contributed by atoms with Crippen molar-refractivity contribution >= 4 is 0 Å². The van der Waals surface area contributed by atoms with Gasteiger partial charge in [0, 0.05) is 5.92 Å². The third kappa shape index (κ3) is 14.2. The molecular formula is C24H48O3. The molecule has 0 rings (SSSR count). The van der Waals surface area contributed by atoms with Gasteiger partial charge in [-0.05, 0) is 60.3 Å². The summed E-state index contributed by atoms with van der Waals surface area (Å²) < 4.78 is 18.3. The maximum atomic E-state index is 6.32. The van der Waals surface area contributed by atoms with E-state index >= 15 is 0 Å². The average Bonchev–Trinajstić information content (AvgIpc) is 2.57. The van der Waals surface area contributed by atoms with Crippen LogP contribution >= 0.6 is 0 Å². The fourth-order valence-corrected chi connectivity index (χ4v) is 3.64. The first-order valence-electron chi connectivity index (χ1n) is 11.5. The summed E-state index contributed by atoms with van der Waals surface area (Å²) in [5, 5.41) is 0. The second kappa shape index (κ2) is 16.4. The quantitative estimate of drug-likeness (QED) is 0.138. The molecule has 162 valence electrons. The molecule has 0 radical (unpaired) electrons. The van der Waals surface area contributed by atoms with Crippen molar-refractivity contribution in [2.75, 3.05) is 6.61 Å². The largest absolute Gasteiger partial charge is 0.502 e. The van der Waals surface area contributed by atoms with E-state index in [1.807, 2.05) is 6.26 Å². The van der Waals surface area contributed by atoms with E-state index in [1.54, 1.807) is 0 Å². The van der Waals surface area contributed by atoms with Crippen LogP contribution in [-0.2, 0) is 14.2 Å². The van der Waals surface area contributed by atoms with Crippen LogP contribution in [0.25, 0.3) is 0 Å². The van der Waals surface area contributed by atoms with Crippen molar-refractivity contribution in [1.82, 2.24) is 0 Å². The molecule has 0 aliphatic carbocycles. The van der Waals surface area contributed by atoms with Gasteiger partial charge in [-0.15, -0.1) is 0 Å². The van der Waals surface area contributed by atoms with Crippen molar-refractivity contribution < 1.29 is 14.2 Å². The summed E-state index contributed by atoms with van der Waals surface area (Å²) >= 11 is 0. The van der Waals surface area contributed by atoms with E-state index in [-0.39, 0.29) is 12.2 Å². The van der Waals surface area contributed by atoms with Crippen LogP contribution in [0.15, 0.2) is 12.3 Å². The Hall–Kier alpha value is -0.540. The minimum Gasteiger partial charge on any atom is -0.502 e. The molecule has 0 N–H and O–H groups in total. The van der Waals surface area contributed by atoms with Crippen molar-refractivity contribution in [3.8, 4) is 0 Å². The van der Waals surface area contributed by atoms with E-state index < -0.39 is 5.79 Å². The van der Waals surface area contributed by atoms with Gasteiger partial charge in [0.05, 0.1) is 25.1 Å². The Balaban J connectivity index is 4.74. The molecule has 0 bridgehead atoms. The molecular weight excluding hydrogens is 336 g/mol. The number of allylic oxidation sites excluding steroid dienone is 1. The van der Waals surface area contributed by atoms with Crippen molar-refractivity contribution in [3.63, 3.8) is 0 Å². The van der Waals surface area contributed by atoms with E-state index in [1.165, 1.54) is 38.5 Å². The van der Waals surface area contributed by atoms with Gasteiger partial charge in [0.2, 0.25) is 0 Å².